The number of anilines is 2. The molecule has 6 heteroatoms. The van der Waals surface area contributed by atoms with E-state index in [1.165, 1.54) is 5.56 Å². The van der Waals surface area contributed by atoms with E-state index in [0.29, 0.717) is 18.3 Å². The zero-order chi connectivity index (χ0) is 17.4. The number of hydrogen-bond donors (Lipinski definition) is 2. The lowest BCUT2D eigenvalue weighted by molar-refractivity contribution is 0.102. The average Bonchev–Trinajstić information content (AvgIpc) is 2.59. The number of nitrogens with zero attached hydrogens (tertiary/aromatic N) is 2. The standard InChI is InChI=1S/C18H24N4O2/c1-13(2)14-5-7-15(8-6-14)20-18(23)16-9-10-17(22-21-16)19-11-4-12-24-3/h5-10,13H,4,11-12H2,1-3H3,(H,19,22)(H,20,23). The lowest BCUT2D eigenvalue weighted by Crippen LogP contribution is -2.15. The van der Waals surface area contributed by atoms with Crippen molar-refractivity contribution in [3.63, 3.8) is 0 Å². The number of benzene rings is 1. The monoisotopic (exact) mass is 328 g/mol. The average molecular weight is 328 g/mol. The van der Waals surface area contributed by atoms with Crippen LogP contribution in [0.5, 0.6) is 0 Å². The summed E-state index contributed by atoms with van der Waals surface area (Å²) in [4.78, 5) is 12.2. The largest absolute Gasteiger partial charge is 0.385 e. The molecule has 0 aliphatic rings. The molecule has 6 nitrogen and oxygen atoms in total. The molecule has 128 valence electrons. The number of nitrogens with one attached hydrogen (secondary N) is 2. The number of methoxy groups -OCH3 is 1. The van der Waals surface area contributed by atoms with Gasteiger partial charge >= 0.3 is 0 Å². The van der Waals surface area contributed by atoms with Gasteiger partial charge in [-0.15, -0.1) is 10.2 Å². The summed E-state index contributed by atoms with van der Waals surface area (Å²) in [6, 6.07) is 11.2. The van der Waals surface area contributed by atoms with Crippen molar-refractivity contribution in [3.8, 4) is 0 Å². The highest BCUT2D eigenvalue weighted by atomic mass is 16.5. The minimum absolute atomic E-state index is 0.272. The van der Waals surface area contributed by atoms with Crippen LogP contribution in [0.4, 0.5) is 11.5 Å². The molecule has 1 heterocycles. The first kappa shape index (κ1) is 17.9. The third-order valence-electron chi connectivity index (χ3n) is 3.56. The van der Waals surface area contributed by atoms with Crippen molar-refractivity contribution in [1.82, 2.24) is 10.2 Å². The maximum absolute atomic E-state index is 12.2. The molecule has 0 saturated carbocycles. The van der Waals surface area contributed by atoms with E-state index >= 15 is 0 Å². The van der Waals surface area contributed by atoms with Crippen molar-refractivity contribution in [1.29, 1.82) is 0 Å². The van der Waals surface area contributed by atoms with Crippen LogP contribution in [-0.4, -0.2) is 36.4 Å². The topological polar surface area (TPSA) is 76.1 Å². The van der Waals surface area contributed by atoms with Crippen molar-refractivity contribution >= 4 is 17.4 Å². The van der Waals surface area contributed by atoms with Crippen LogP contribution < -0.4 is 10.6 Å². The Hall–Kier alpha value is -2.47. The summed E-state index contributed by atoms with van der Waals surface area (Å²) >= 11 is 0. The first-order chi connectivity index (χ1) is 11.6. The lowest BCUT2D eigenvalue weighted by Gasteiger charge is -2.08. The predicted octanol–water partition coefficient (Wildman–Crippen LogP) is 3.30. The quantitative estimate of drug-likeness (QED) is 0.727. The van der Waals surface area contributed by atoms with E-state index in [1.807, 2.05) is 24.3 Å². The SMILES string of the molecule is COCCCNc1ccc(C(=O)Nc2ccc(C(C)C)cc2)nn1. The van der Waals surface area contributed by atoms with Crippen LogP contribution >= 0.6 is 0 Å². The Labute approximate surface area is 142 Å². The Kier molecular flexibility index (Phi) is 6.69. The minimum Gasteiger partial charge on any atom is -0.385 e. The molecule has 0 aliphatic carbocycles. The molecule has 0 atom stereocenters. The third kappa shape index (κ3) is 5.31. The number of ether oxygens (including phenoxy) is 1. The fourth-order valence-electron chi connectivity index (χ4n) is 2.13. The van der Waals surface area contributed by atoms with Crippen molar-refractivity contribution in [2.45, 2.75) is 26.2 Å². The highest BCUT2D eigenvalue weighted by molar-refractivity contribution is 6.02. The van der Waals surface area contributed by atoms with Crippen LogP contribution in [0.15, 0.2) is 36.4 Å². The minimum atomic E-state index is -0.272. The normalized spacial score (nSPS) is 10.7. The van der Waals surface area contributed by atoms with Gasteiger partial charge in [-0.2, -0.15) is 0 Å². The number of rotatable bonds is 8. The van der Waals surface area contributed by atoms with Gasteiger partial charge in [-0.25, -0.2) is 0 Å². The molecule has 1 aromatic heterocycles. The van der Waals surface area contributed by atoms with Gasteiger partial charge in [0.25, 0.3) is 5.91 Å². The van der Waals surface area contributed by atoms with E-state index in [0.717, 1.165) is 18.7 Å². The molecular formula is C18H24N4O2. The molecule has 0 unspecified atom stereocenters. The Morgan fingerprint density at radius 1 is 1.12 bits per heavy atom. The summed E-state index contributed by atoms with van der Waals surface area (Å²) in [5.41, 5.74) is 2.26. The van der Waals surface area contributed by atoms with Crippen LogP contribution in [0.1, 0.15) is 42.2 Å². The summed E-state index contributed by atoms with van der Waals surface area (Å²) in [6.07, 6.45) is 0.882. The molecule has 0 radical (unpaired) electrons. The number of carbonyl (C=O) groups is 1. The van der Waals surface area contributed by atoms with Gasteiger partial charge < -0.3 is 15.4 Å². The van der Waals surface area contributed by atoms with E-state index < -0.39 is 0 Å². The second kappa shape index (κ2) is 8.98. The van der Waals surface area contributed by atoms with Gasteiger partial charge in [0.15, 0.2) is 5.69 Å². The second-order valence-corrected chi connectivity index (χ2v) is 5.81. The third-order valence-corrected chi connectivity index (χ3v) is 3.56. The van der Waals surface area contributed by atoms with Crippen LogP contribution in [0.2, 0.25) is 0 Å². The van der Waals surface area contributed by atoms with Crippen molar-refractivity contribution in [3.05, 3.63) is 47.7 Å². The second-order valence-electron chi connectivity index (χ2n) is 5.81. The first-order valence-corrected chi connectivity index (χ1v) is 8.08. The van der Waals surface area contributed by atoms with Gasteiger partial charge in [0, 0.05) is 25.9 Å². The summed E-state index contributed by atoms with van der Waals surface area (Å²) in [5.74, 6) is 0.833. The fourth-order valence-corrected chi connectivity index (χ4v) is 2.13. The predicted molar refractivity (Wildman–Crippen MR) is 95.5 cm³/mol. The molecule has 0 saturated heterocycles. The van der Waals surface area contributed by atoms with Crippen molar-refractivity contribution in [2.24, 2.45) is 0 Å². The van der Waals surface area contributed by atoms with Crippen LogP contribution in [-0.2, 0) is 4.74 Å². The zero-order valence-electron chi connectivity index (χ0n) is 14.4. The molecule has 0 spiro atoms. The fraction of sp³-hybridized carbons (Fsp3) is 0.389. The Bertz CT molecular complexity index is 639. The molecule has 0 fully saturated rings. The summed E-state index contributed by atoms with van der Waals surface area (Å²) < 4.78 is 4.98. The number of carbonyl (C=O) groups excluding carboxylic acids is 1. The Morgan fingerprint density at radius 2 is 1.88 bits per heavy atom. The maximum Gasteiger partial charge on any atom is 0.276 e. The van der Waals surface area contributed by atoms with E-state index in [9.17, 15) is 4.79 Å². The molecule has 2 N–H and O–H groups in total. The van der Waals surface area contributed by atoms with Gasteiger partial charge in [0.05, 0.1) is 0 Å². The molecule has 24 heavy (non-hydrogen) atoms. The summed E-state index contributed by atoms with van der Waals surface area (Å²) in [6.45, 7) is 5.70. The number of hydrogen-bond acceptors (Lipinski definition) is 5. The summed E-state index contributed by atoms with van der Waals surface area (Å²) in [5, 5.41) is 13.9. The van der Waals surface area contributed by atoms with Crippen LogP contribution in [0.25, 0.3) is 0 Å². The van der Waals surface area contributed by atoms with E-state index in [4.69, 9.17) is 4.74 Å². The van der Waals surface area contributed by atoms with Gasteiger partial charge in [0.1, 0.15) is 5.82 Å². The first-order valence-electron chi connectivity index (χ1n) is 8.08. The molecule has 2 aromatic rings. The van der Waals surface area contributed by atoms with Crippen LogP contribution in [0, 0.1) is 0 Å². The van der Waals surface area contributed by atoms with Gasteiger partial charge in [0.2, 0.25) is 0 Å². The Balaban J connectivity index is 1.90. The van der Waals surface area contributed by atoms with E-state index in [2.05, 4.69) is 34.7 Å². The molecule has 1 amide bonds. The summed E-state index contributed by atoms with van der Waals surface area (Å²) in [7, 11) is 1.67. The Morgan fingerprint density at radius 3 is 2.46 bits per heavy atom. The molecule has 2 rings (SSSR count). The van der Waals surface area contributed by atoms with Gasteiger partial charge in [-0.3, -0.25) is 4.79 Å². The van der Waals surface area contributed by atoms with Crippen LogP contribution in [0.3, 0.4) is 0 Å². The van der Waals surface area contributed by atoms with Crippen molar-refractivity contribution < 1.29 is 9.53 Å². The highest BCUT2D eigenvalue weighted by Crippen LogP contribution is 2.17. The van der Waals surface area contributed by atoms with Crippen molar-refractivity contribution in [2.75, 3.05) is 30.9 Å². The maximum atomic E-state index is 12.2. The number of amides is 1. The molecule has 1 aromatic carbocycles. The molecular weight excluding hydrogens is 304 g/mol. The van der Waals surface area contributed by atoms with E-state index in [1.54, 1.807) is 19.2 Å². The number of aromatic nitrogens is 2. The molecule has 0 bridgehead atoms. The highest BCUT2D eigenvalue weighted by Gasteiger charge is 2.09. The zero-order valence-corrected chi connectivity index (χ0v) is 14.4. The van der Waals surface area contributed by atoms with Gasteiger partial charge in [-0.05, 0) is 42.2 Å². The van der Waals surface area contributed by atoms with E-state index in [-0.39, 0.29) is 11.6 Å². The smallest absolute Gasteiger partial charge is 0.276 e. The van der Waals surface area contributed by atoms with Gasteiger partial charge in [-0.1, -0.05) is 26.0 Å². The lowest BCUT2D eigenvalue weighted by atomic mass is 10.0. The molecule has 0 aliphatic heterocycles.